The summed E-state index contributed by atoms with van der Waals surface area (Å²) in [5.74, 6) is -1.70. The minimum Gasteiger partial charge on any atom is -0.546 e. The predicted molar refractivity (Wildman–Crippen MR) is 74.1 cm³/mol. The Morgan fingerprint density at radius 1 is 1.09 bits per heavy atom. The molecule has 0 amide bonds. The van der Waals surface area contributed by atoms with Gasteiger partial charge in [-0.1, -0.05) is 18.2 Å². The largest absolute Gasteiger partial charge is 1.00 e. The SMILES string of the molecule is CC(C)(Oc1ccccc1)C(=O)[O-].C[N+](C)(C)CC(=O)[O-].[Na+]. The normalized spacial score (nSPS) is 10.6. The summed E-state index contributed by atoms with van der Waals surface area (Å²) in [4.78, 5) is 20.5. The maximum atomic E-state index is 10.6. The molecule has 1 aromatic rings. The van der Waals surface area contributed by atoms with E-state index in [-0.39, 0.29) is 36.1 Å². The van der Waals surface area contributed by atoms with Crippen molar-refractivity contribution >= 4 is 11.9 Å². The van der Waals surface area contributed by atoms with Crippen LogP contribution in [-0.2, 0) is 9.59 Å². The van der Waals surface area contributed by atoms with E-state index in [2.05, 4.69) is 0 Å². The number of carboxylic acids is 2. The fourth-order valence-corrected chi connectivity index (χ4v) is 1.21. The molecule has 1 rings (SSSR count). The van der Waals surface area contributed by atoms with Crippen molar-refractivity contribution < 1.29 is 58.6 Å². The standard InChI is InChI=1S/C10H12O3.C5H11NO2.Na/c1-10(2,9(11)12)13-8-6-4-3-5-7-8;1-6(2,3)4-5(7)8;/h3-7H,1-2H3,(H,11,12);4H2,1-3H3;/q;;+1/p-1. The molecule has 0 aromatic heterocycles. The van der Waals surface area contributed by atoms with Crippen molar-refractivity contribution in [2.24, 2.45) is 0 Å². The third kappa shape index (κ3) is 11.6. The van der Waals surface area contributed by atoms with Crippen molar-refractivity contribution in [3.63, 3.8) is 0 Å². The van der Waals surface area contributed by atoms with E-state index in [0.717, 1.165) is 0 Å². The monoisotopic (exact) mass is 319 g/mol. The number of carbonyl (C=O) groups is 2. The zero-order chi connectivity index (χ0) is 16.7. The summed E-state index contributed by atoms with van der Waals surface area (Å²) in [6, 6.07) is 8.79. The van der Waals surface area contributed by atoms with Crippen LogP contribution in [0.4, 0.5) is 0 Å². The van der Waals surface area contributed by atoms with E-state index in [1.165, 1.54) is 13.8 Å². The van der Waals surface area contributed by atoms with Crippen molar-refractivity contribution in [3.8, 4) is 5.75 Å². The van der Waals surface area contributed by atoms with Gasteiger partial charge in [-0.05, 0) is 26.0 Å². The van der Waals surface area contributed by atoms with Gasteiger partial charge in [0.05, 0.1) is 33.1 Å². The molecule has 118 valence electrons. The molecule has 6 nitrogen and oxygen atoms in total. The molecule has 0 saturated carbocycles. The number of aliphatic carboxylic acids is 2. The van der Waals surface area contributed by atoms with Crippen molar-refractivity contribution in [3.05, 3.63) is 30.3 Å². The number of ether oxygens (including phenoxy) is 1. The van der Waals surface area contributed by atoms with Gasteiger partial charge in [0.1, 0.15) is 17.9 Å². The second kappa shape index (κ2) is 9.84. The number of rotatable bonds is 5. The van der Waals surface area contributed by atoms with Gasteiger partial charge >= 0.3 is 29.6 Å². The molecule has 0 N–H and O–H groups in total. The van der Waals surface area contributed by atoms with Crippen LogP contribution in [0.3, 0.4) is 0 Å². The molecule has 0 aliphatic rings. The Kier molecular flexibility index (Phi) is 10.4. The van der Waals surface area contributed by atoms with Gasteiger partial charge in [-0.25, -0.2) is 0 Å². The molecule has 0 fully saturated rings. The first-order chi connectivity index (χ1) is 9.44. The van der Waals surface area contributed by atoms with E-state index in [9.17, 15) is 19.8 Å². The molecule has 0 atom stereocenters. The molecule has 0 saturated heterocycles. The van der Waals surface area contributed by atoms with Crippen LogP contribution in [0.2, 0.25) is 0 Å². The molecule has 0 spiro atoms. The Hall–Kier alpha value is -1.08. The molecule has 0 aliphatic carbocycles. The third-order valence-electron chi connectivity index (χ3n) is 2.21. The van der Waals surface area contributed by atoms with Crippen LogP contribution in [0.25, 0.3) is 0 Å². The zero-order valence-corrected chi connectivity index (χ0v) is 16.1. The molecule has 1 aromatic carbocycles. The van der Waals surface area contributed by atoms with Gasteiger partial charge in [-0.2, -0.15) is 0 Å². The van der Waals surface area contributed by atoms with E-state index < -0.39 is 17.5 Å². The molecule has 0 unspecified atom stereocenters. The van der Waals surface area contributed by atoms with Gasteiger partial charge in [-0.15, -0.1) is 0 Å². The van der Waals surface area contributed by atoms with Crippen LogP contribution in [0.1, 0.15) is 13.8 Å². The number of quaternary nitrogens is 1. The van der Waals surface area contributed by atoms with Crippen LogP contribution in [0, 0.1) is 0 Å². The quantitative estimate of drug-likeness (QED) is 0.408. The first-order valence-electron chi connectivity index (χ1n) is 6.40. The summed E-state index contributed by atoms with van der Waals surface area (Å²) in [7, 11) is 5.40. The van der Waals surface area contributed by atoms with Crippen molar-refractivity contribution in [1.82, 2.24) is 0 Å². The number of benzene rings is 1. The molecular formula is C15H22NNaO5. The molecule has 0 bridgehead atoms. The Labute approximate surface area is 153 Å². The topological polar surface area (TPSA) is 89.5 Å². The smallest absolute Gasteiger partial charge is 0.546 e. The van der Waals surface area contributed by atoms with Crippen LogP contribution in [0.15, 0.2) is 30.3 Å². The van der Waals surface area contributed by atoms with Gasteiger partial charge in [0, 0.05) is 0 Å². The first kappa shape index (κ1) is 23.2. The Bertz CT molecular complexity index is 469. The van der Waals surface area contributed by atoms with Gasteiger partial charge in [0.15, 0.2) is 0 Å². The Balaban J connectivity index is 0. The van der Waals surface area contributed by atoms with E-state index in [0.29, 0.717) is 10.2 Å². The van der Waals surface area contributed by atoms with Crippen LogP contribution >= 0.6 is 0 Å². The number of likely N-dealkylation sites (N-methyl/N-ethyl adjacent to an activating group) is 1. The summed E-state index contributed by atoms with van der Waals surface area (Å²) in [6.45, 7) is 2.98. The van der Waals surface area contributed by atoms with E-state index >= 15 is 0 Å². The molecule has 0 aliphatic heterocycles. The molecule has 7 heteroatoms. The minimum absolute atomic E-state index is 0. The summed E-state index contributed by atoms with van der Waals surface area (Å²) >= 11 is 0. The number of carbonyl (C=O) groups excluding carboxylic acids is 2. The van der Waals surface area contributed by atoms with E-state index in [4.69, 9.17) is 4.74 Å². The van der Waals surface area contributed by atoms with Crippen molar-refractivity contribution in [1.29, 1.82) is 0 Å². The molecule has 0 heterocycles. The maximum absolute atomic E-state index is 10.6. The second-order valence-corrected chi connectivity index (χ2v) is 6.03. The number of carboxylic acid groups (broad SMARTS) is 2. The summed E-state index contributed by atoms with van der Waals surface area (Å²) in [6.07, 6.45) is 0. The average Bonchev–Trinajstić information content (AvgIpc) is 2.26. The van der Waals surface area contributed by atoms with Gasteiger partial charge in [-0.3, -0.25) is 0 Å². The van der Waals surface area contributed by atoms with Gasteiger partial charge < -0.3 is 29.0 Å². The molecule has 22 heavy (non-hydrogen) atoms. The van der Waals surface area contributed by atoms with E-state index in [1.807, 2.05) is 6.07 Å². The average molecular weight is 319 g/mol. The van der Waals surface area contributed by atoms with E-state index in [1.54, 1.807) is 45.4 Å². The third-order valence-corrected chi connectivity index (χ3v) is 2.21. The zero-order valence-electron chi connectivity index (χ0n) is 14.1. The second-order valence-electron chi connectivity index (χ2n) is 6.03. The van der Waals surface area contributed by atoms with Gasteiger partial charge in [0.2, 0.25) is 0 Å². The summed E-state index contributed by atoms with van der Waals surface area (Å²) < 4.78 is 5.62. The first-order valence-corrected chi connectivity index (χ1v) is 6.40. The Morgan fingerprint density at radius 2 is 1.55 bits per heavy atom. The van der Waals surface area contributed by atoms with Crippen LogP contribution < -0.4 is 44.5 Å². The summed E-state index contributed by atoms with van der Waals surface area (Å²) in [5.41, 5.74) is -1.29. The van der Waals surface area contributed by atoms with Crippen LogP contribution in [-0.4, -0.2) is 49.7 Å². The van der Waals surface area contributed by atoms with Gasteiger partial charge in [0.25, 0.3) is 0 Å². The van der Waals surface area contributed by atoms with Crippen LogP contribution in [0.5, 0.6) is 5.75 Å². The summed E-state index contributed by atoms with van der Waals surface area (Å²) in [5, 5.41) is 20.5. The number of nitrogens with zero attached hydrogens (tertiary/aromatic N) is 1. The Morgan fingerprint density at radius 3 is 1.82 bits per heavy atom. The predicted octanol–water partition coefficient (Wildman–Crippen LogP) is -3.96. The fourth-order valence-electron chi connectivity index (χ4n) is 1.21. The molecular weight excluding hydrogens is 297 g/mol. The number of hydrogen-bond acceptors (Lipinski definition) is 5. The number of para-hydroxylation sites is 1. The maximum Gasteiger partial charge on any atom is 1.00 e. The number of hydrogen-bond donors (Lipinski definition) is 0. The minimum atomic E-state index is -1.29. The fraction of sp³-hybridized carbons (Fsp3) is 0.467. The van der Waals surface area contributed by atoms with Crippen molar-refractivity contribution in [2.75, 3.05) is 27.7 Å². The van der Waals surface area contributed by atoms with Crippen molar-refractivity contribution in [2.45, 2.75) is 19.4 Å². The molecule has 0 radical (unpaired) electrons.